The number of aliphatic carboxylic acids is 1. The predicted molar refractivity (Wildman–Crippen MR) is 142 cm³/mol. The van der Waals surface area contributed by atoms with Crippen LogP contribution in [0.25, 0.3) is 0 Å². The molecule has 4 amide bonds. The minimum absolute atomic E-state index is 0.0158. The van der Waals surface area contributed by atoms with Crippen LogP contribution in [-0.4, -0.2) is 77.4 Å². The summed E-state index contributed by atoms with van der Waals surface area (Å²) in [7, 11) is 0. The standard InChI is InChI=1S/C26H48N4O8/c1-16(2)14-19(23(34)35)30-21(32)18(12-10-11-13-27-24(36)38-26(7,8)9)29-22(33)20(28-17(3)31)15-37-25(4,5)6/h16,18-20H,10-15H2,1-9H3,(H,27,36)(H,28,31)(H,29,33)(H,30,32)(H,34,35)/t18-,19-,20-/m0/s1. The molecule has 3 atom stereocenters. The molecule has 0 aliphatic carbocycles. The van der Waals surface area contributed by atoms with Gasteiger partial charge in [-0.15, -0.1) is 0 Å². The molecule has 12 heteroatoms. The van der Waals surface area contributed by atoms with Crippen LogP contribution in [0, 0.1) is 5.92 Å². The number of carbonyl (C=O) groups is 5. The molecule has 0 aromatic heterocycles. The van der Waals surface area contributed by atoms with Crippen LogP contribution in [0.1, 0.15) is 88.0 Å². The van der Waals surface area contributed by atoms with Crippen molar-refractivity contribution in [3.8, 4) is 0 Å². The summed E-state index contributed by atoms with van der Waals surface area (Å²) in [5.74, 6) is -2.88. The maximum absolute atomic E-state index is 13.1. The van der Waals surface area contributed by atoms with Crippen molar-refractivity contribution < 1.29 is 38.6 Å². The number of ether oxygens (including phenoxy) is 2. The minimum Gasteiger partial charge on any atom is -0.480 e. The fourth-order valence-corrected chi connectivity index (χ4v) is 3.25. The summed E-state index contributed by atoms with van der Waals surface area (Å²) in [6, 6.07) is -3.24. The summed E-state index contributed by atoms with van der Waals surface area (Å²) in [5, 5.41) is 19.8. The molecular weight excluding hydrogens is 496 g/mol. The number of nitrogens with one attached hydrogen (secondary N) is 4. The Labute approximate surface area is 226 Å². The van der Waals surface area contributed by atoms with Gasteiger partial charge in [-0.2, -0.15) is 0 Å². The lowest BCUT2D eigenvalue weighted by atomic mass is 10.0. The minimum atomic E-state index is -1.17. The number of amides is 4. The zero-order valence-electron chi connectivity index (χ0n) is 24.4. The van der Waals surface area contributed by atoms with Crippen LogP contribution in [0.5, 0.6) is 0 Å². The highest BCUT2D eigenvalue weighted by Gasteiger charge is 2.30. The number of carbonyl (C=O) groups excluding carboxylic acids is 4. The fourth-order valence-electron chi connectivity index (χ4n) is 3.25. The van der Waals surface area contributed by atoms with E-state index in [0.717, 1.165) is 0 Å². The van der Waals surface area contributed by atoms with E-state index in [-0.39, 0.29) is 31.9 Å². The molecule has 0 unspecified atom stereocenters. The van der Waals surface area contributed by atoms with Crippen LogP contribution in [0.3, 0.4) is 0 Å². The molecule has 0 rings (SSSR count). The van der Waals surface area contributed by atoms with Crippen LogP contribution >= 0.6 is 0 Å². The average Bonchev–Trinajstić information content (AvgIpc) is 2.72. The molecule has 0 bridgehead atoms. The second-order valence-electron chi connectivity index (χ2n) is 11.7. The second kappa shape index (κ2) is 16.2. The first kappa shape index (κ1) is 35.1. The molecule has 0 aliphatic rings. The van der Waals surface area contributed by atoms with E-state index >= 15 is 0 Å². The molecular formula is C26H48N4O8. The maximum atomic E-state index is 13.1. The van der Waals surface area contributed by atoms with Crippen LogP contribution < -0.4 is 21.3 Å². The largest absolute Gasteiger partial charge is 0.480 e. The van der Waals surface area contributed by atoms with Gasteiger partial charge in [0, 0.05) is 13.5 Å². The molecule has 0 aliphatic heterocycles. The van der Waals surface area contributed by atoms with E-state index in [9.17, 15) is 29.1 Å². The molecule has 0 fully saturated rings. The third kappa shape index (κ3) is 17.5. The lowest BCUT2D eigenvalue weighted by molar-refractivity contribution is -0.143. The van der Waals surface area contributed by atoms with Crippen molar-refractivity contribution in [3.05, 3.63) is 0 Å². The summed E-state index contributed by atoms with van der Waals surface area (Å²) in [6.45, 7) is 15.8. The van der Waals surface area contributed by atoms with Crippen LogP contribution in [0.2, 0.25) is 0 Å². The SMILES string of the molecule is CC(=O)N[C@@H](COC(C)(C)C)C(=O)N[C@@H](CCCCNC(=O)OC(C)(C)C)C(=O)N[C@@H](CC(C)C)C(=O)O. The molecule has 12 nitrogen and oxygen atoms in total. The van der Waals surface area contributed by atoms with Crippen LogP contribution in [0.15, 0.2) is 0 Å². The Morgan fingerprint density at radius 3 is 1.82 bits per heavy atom. The first-order valence-electron chi connectivity index (χ1n) is 13.0. The number of alkyl carbamates (subject to hydrolysis) is 1. The Bertz CT molecular complexity index is 802. The monoisotopic (exact) mass is 544 g/mol. The van der Waals surface area contributed by atoms with Crippen molar-refractivity contribution in [2.24, 2.45) is 5.92 Å². The normalized spacial score (nSPS) is 14.2. The summed E-state index contributed by atoms with van der Waals surface area (Å²) in [6.07, 6.45) is 0.744. The van der Waals surface area contributed by atoms with E-state index in [1.165, 1.54) is 6.92 Å². The maximum Gasteiger partial charge on any atom is 0.407 e. The third-order valence-corrected chi connectivity index (χ3v) is 4.92. The number of hydrogen-bond acceptors (Lipinski definition) is 7. The highest BCUT2D eigenvalue weighted by atomic mass is 16.6. The number of carboxylic acid groups (broad SMARTS) is 1. The van der Waals surface area contributed by atoms with Crippen molar-refractivity contribution in [2.75, 3.05) is 13.2 Å². The Kier molecular flexibility index (Phi) is 14.9. The van der Waals surface area contributed by atoms with Gasteiger partial charge in [0.15, 0.2) is 0 Å². The lowest BCUT2D eigenvalue weighted by Gasteiger charge is -2.27. The molecule has 38 heavy (non-hydrogen) atoms. The molecule has 5 N–H and O–H groups in total. The quantitative estimate of drug-likeness (QED) is 0.195. The first-order chi connectivity index (χ1) is 17.3. The second-order valence-corrected chi connectivity index (χ2v) is 11.7. The van der Waals surface area contributed by atoms with Crippen molar-refractivity contribution in [1.82, 2.24) is 21.3 Å². The van der Waals surface area contributed by atoms with E-state index in [1.807, 2.05) is 13.8 Å². The molecule has 0 spiro atoms. The Morgan fingerprint density at radius 1 is 0.789 bits per heavy atom. The van der Waals surface area contributed by atoms with E-state index in [2.05, 4.69) is 21.3 Å². The van der Waals surface area contributed by atoms with E-state index in [4.69, 9.17) is 9.47 Å². The predicted octanol–water partition coefficient (Wildman–Crippen LogP) is 2.10. The molecule has 0 saturated carbocycles. The molecule has 0 radical (unpaired) electrons. The molecule has 0 aromatic carbocycles. The molecule has 0 heterocycles. The molecule has 0 aromatic rings. The number of rotatable bonds is 15. The lowest BCUT2D eigenvalue weighted by Crippen LogP contribution is -2.57. The Balaban J connectivity index is 5.42. The Morgan fingerprint density at radius 2 is 1.34 bits per heavy atom. The van der Waals surface area contributed by atoms with Gasteiger partial charge in [-0.3, -0.25) is 14.4 Å². The Hall–Kier alpha value is -2.89. The van der Waals surface area contributed by atoms with Gasteiger partial charge in [-0.05, 0) is 73.1 Å². The van der Waals surface area contributed by atoms with Crippen LogP contribution in [0.4, 0.5) is 4.79 Å². The van der Waals surface area contributed by atoms with Gasteiger partial charge < -0.3 is 35.8 Å². The summed E-state index contributed by atoms with van der Waals surface area (Å²) in [5.41, 5.74) is -1.20. The highest BCUT2D eigenvalue weighted by Crippen LogP contribution is 2.10. The van der Waals surface area contributed by atoms with Gasteiger partial charge in [0.05, 0.1) is 12.2 Å². The smallest absolute Gasteiger partial charge is 0.407 e. The van der Waals surface area contributed by atoms with Crippen molar-refractivity contribution >= 4 is 29.8 Å². The van der Waals surface area contributed by atoms with Crippen molar-refractivity contribution in [3.63, 3.8) is 0 Å². The molecule has 220 valence electrons. The van der Waals surface area contributed by atoms with Gasteiger partial charge in [0.1, 0.15) is 23.7 Å². The zero-order chi connectivity index (χ0) is 29.7. The zero-order valence-corrected chi connectivity index (χ0v) is 24.4. The summed E-state index contributed by atoms with van der Waals surface area (Å²) < 4.78 is 10.8. The van der Waals surface area contributed by atoms with Crippen LogP contribution in [-0.2, 0) is 28.7 Å². The third-order valence-electron chi connectivity index (χ3n) is 4.92. The van der Waals surface area contributed by atoms with Gasteiger partial charge in [0.25, 0.3) is 0 Å². The topological polar surface area (TPSA) is 172 Å². The van der Waals surface area contributed by atoms with Gasteiger partial charge in [-0.1, -0.05) is 13.8 Å². The van der Waals surface area contributed by atoms with Gasteiger partial charge in [-0.25, -0.2) is 9.59 Å². The first-order valence-corrected chi connectivity index (χ1v) is 13.0. The number of carboxylic acids is 1. The average molecular weight is 545 g/mol. The summed E-state index contributed by atoms with van der Waals surface area (Å²) >= 11 is 0. The van der Waals surface area contributed by atoms with Crippen molar-refractivity contribution in [2.45, 2.75) is 117 Å². The van der Waals surface area contributed by atoms with E-state index in [1.54, 1.807) is 41.5 Å². The van der Waals surface area contributed by atoms with Gasteiger partial charge >= 0.3 is 12.1 Å². The van der Waals surface area contributed by atoms with Crippen molar-refractivity contribution in [1.29, 1.82) is 0 Å². The molecule has 0 saturated heterocycles. The van der Waals surface area contributed by atoms with E-state index < -0.39 is 59.1 Å². The highest BCUT2D eigenvalue weighted by molar-refractivity contribution is 5.93. The summed E-state index contributed by atoms with van der Waals surface area (Å²) in [4.78, 5) is 61.3. The number of hydrogen-bond donors (Lipinski definition) is 5. The number of unbranched alkanes of at least 4 members (excludes halogenated alkanes) is 1. The fraction of sp³-hybridized carbons (Fsp3) is 0.808. The van der Waals surface area contributed by atoms with Gasteiger partial charge in [0.2, 0.25) is 17.7 Å². The van der Waals surface area contributed by atoms with E-state index in [0.29, 0.717) is 12.8 Å².